The summed E-state index contributed by atoms with van der Waals surface area (Å²) in [5.74, 6) is -1.23. The van der Waals surface area contributed by atoms with Crippen LogP contribution >= 0.6 is 11.6 Å². The molecule has 0 unspecified atom stereocenters. The maximum atomic E-state index is 11.2. The van der Waals surface area contributed by atoms with E-state index in [-0.39, 0.29) is 23.5 Å². The van der Waals surface area contributed by atoms with E-state index in [0.717, 1.165) is 5.56 Å². The molecular formula is C14H11ClN2O4. The molecule has 0 saturated heterocycles. The summed E-state index contributed by atoms with van der Waals surface area (Å²) in [6.07, 6.45) is 0. The molecular weight excluding hydrogens is 296 g/mol. The Hall–Kier alpha value is -2.60. The zero-order valence-electron chi connectivity index (χ0n) is 10.7. The molecule has 0 aliphatic heterocycles. The lowest BCUT2D eigenvalue weighted by Crippen LogP contribution is -2.09. The van der Waals surface area contributed by atoms with E-state index in [1.54, 1.807) is 24.3 Å². The minimum atomic E-state index is -1.23. The number of hydrogen-bond acceptors (Lipinski definition) is 4. The molecule has 0 fully saturated rings. The maximum Gasteiger partial charge on any atom is 0.338 e. The molecule has 0 aliphatic rings. The van der Waals surface area contributed by atoms with Gasteiger partial charge in [-0.1, -0.05) is 29.8 Å². The number of halogens is 1. The first-order valence-electron chi connectivity index (χ1n) is 5.98. The van der Waals surface area contributed by atoms with Gasteiger partial charge in [0.1, 0.15) is 5.69 Å². The first kappa shape index (κ1) is 14.8. The molecule has 0 aromatic heterocycles. The zero-order valence-corrected chi connectivity index (χ0v) is 11.5. The van der Waals surface area contributed by atoms with Crippen molar-refractivity contribution in [3.8, 4) is 0 Å². The third kappa shape index (κ3) is 3.49. The molecule has 2 N–H and O–H groups in total. The number of aromatic carboxylic acids is 1. The summed E-state index contributed by atoms with van der Waals surface area (Å²) in [5.41, 5.74) is 0.343. The second-order valence-corrected chi connectivity index (χ2v) is 4.68. The molecule has 0 atom stereocenters. The first-order chi connectivity index (χ1) is 9.99. The van der Waals surface area contributed by atoms with Crippen LogP contribution in [0.3, 0.4) is 0 Å². The fraction of sp³-hybridized carbons (Fsp3) is 0.0714. The Morgan fingerprint density at radius 2 is 2.00 bits per heavy atom. The van der Waals surface area contributed by atoms with E-state index in [1.807, 2.05) is 0 Å². The van der Waals surface area contributed by atoms with E-state index in [1.165, 1.54) is 18.2 Å². The van der Waals surface area contributed by atoms with Crippen LogP contribution in [0.1, 0.15) is 15.9 Å². The Labute approximate surface area is 125 Å². The molecule has 2 aromatic rings. The van der Waals surface area contributed by atoms with Gasteiger partial charge in [-0.05, 0) is 23.8 Å². The van der Waals surface area contributed by atoms with Gasteiger partial charge >= 0.3 is 5.97 Å². The lowest BCUT2D eigenvalue weighted by atomic mass is 10.1. The Morgan fingerprint density at radius 1 is 1.29 bits per heavy atom. The molecule has 0 saturated carbocycles. The fourth-order valence-corrected chi connectivity index (χ4v) is 2.11. The highest BCUT2D eigenvalue weighted by atomic mass is 35.5. The number of rotatable bonds is 5. The lowest BCUT2D eigenvalue weighted by Gasteiger charge is -2.10. The molecule has 2 aromatic carbocycles. The molecule has 2 rings (SSSR count). The number of hydrogen-bond donors (Lipinski definition) is 2. The summed E-state index contributed by atoms with van der Waals surface area (Å²) in [5, 5.41) is 23.5. The second-order valence-electron chi connectivity index (χ2n) is 4.25. The standard InChI is InChI=1S/C14H11ClN2O4/c15-10-4-1-3-9(7-10)8-16-13-11(14(18)19)5-2-6-12(13)17(20)21/h1-7,16H,8H2,(H,18,19). The summed E-state index contributed by atoms with van der Waals surface area (Å²) in [6.45, 7) is 0.228. The number of nitro benzene ring substituents is 1. The monoisotopic (exact) mass is 306 g/mol. The molecule has 0 heterocycles. The van der Waals surface area contributed by atoms with Gasteiger partial charge in [-0.3, -0.25) is 10.1 Å². The Balaban J connectivity index is 2.33. The number of carbonyl (C=O) groups is 1. The highest BCUT2D eigenvalue weighted by Crippen LogP contribution is 2.29. The lowest BCUT2D eigenvalue weighted by molar-refractivity contribution is -0.384. The van der Waals surface area contributed by atoms with E-state index < -0.39 is 10.9 Å². The smallest absolute Gasteiger partial charge is 0.338 e. The van der Waals surface area contributed by atoms with E-state index in [4.69, 9.17) is 16.7 Å². The average molecular weight is 307 g/mol. The van der Waals surface area contributed by atoms with Crippen molar-refractivity contribution in [3.63, 3.8) is 0 Å². The number of nitrogens with zero attached hydrogens (tertiary/aromatic N) is 1. The average Bonchev–Trinajstić information content (AvgIpc) is 2.44. The summed E-state index contributed by atoms with van der Waals surface area (Å²) >= 11 is 5.86. The number of carboxylic acids is 1. The summed E-state index contributed by atoms with van der Waals surface area (Å²) in [6, 6.07) is 10.8. The van der Waals surface area contributed by atoms with Crippen molar-refractivity contribution < 1.29 is 14.8 Å². The van der Waals surface area contributed by atoms with Crippen molar-refractivity contribution in [1.82, 2.24) is 0 Å². The number of para-hydroxylation sites is 1. The van der Waals surface area contributed by atoms with Crippen molar-refractivity contribution in [2.45, 2.75) is 6.54 Å². The number of benzene rings is 2. The Bertz CT molecular complexity index is 671. The molecule has 108 valence electrons. The second kappa shape index (κ2) is 6.23. The molecule has 0 spiro atoms. The van der Waals surface area contributed by atoms with E-state index in [0.29, 0.717) is 5.02 Å². The molecule has 0 radical (unpaired) electrons. The van der Waals surface area contributed by atoms with Crippen LogP contribution < -0.4 is 5.32 Å². The predicted octanol–water partition coefficient (Wildman–Crippen LogP) is 3.56. The Morgan fingerprint density at radius 3 is 2.62 bits per heavy atom. The van der Waals surface area contributed by atoms with Crippen molar-refractivity contribution in [1.29, 1.82) is 0 Å². The number of nitro groups is 1. The van der Waals surface area contributed by atoms with Crippen LogP contribution in [-0.4, -0.2) is 16.0 Å². The highest BCUT2D eigenvalue weighted by molar-refractivity contribution is 6.30. The summed E-state index contributed by atoms with van der Waals surface area (Å²) in [7, 11) is 0. The van der Waals surface area contributed by atoms with Crippen molar-refractivity contribution in [3.05, 3.63) is 68.7 Å². The van der Waals surface area contributed by atoms with Gasteiger partial charge in [0, 0.05) is 17.6 Å². The van der Waals surface area contributed by atoms with Gasteiger partial charge in [0.15, 0.2) is 0 Å². The SMILES string of the molecule is O=C(O)c1cccc([N+](=O)[O-])c1NCc1cccc(Cl)c1. The largest absolute Gasteiger partial charge is 0.478 e. The van der Waals surface area contributed by atoms with E-state index >= 15 is 0 Å². The quantitative estimate of drug-likeness (QED) is 0.651. The predicted molar refractivity (Wildman–Crippen MR) is 78.8 cm³/mol. The minimum Gasteiger partial charge on any atom is -0.478 e. The van der Waals surface area contributed by atoms with Crippen LogP contribution in [0.25, 0.3) is 0 Å². The van der Waals surface area contributed by atoms with Gasteiger partial charge in [-0.25, -0.2) is 4.79 Å². The minimum absolute atomic E-state index is 0.0185. The van der Waals surface area contributed by atoms with Crippen molar-refractivity contribution in [2.24, 2.45) is 0 Å². The maximum absolute atomic E-state index is 11.2. The summed E-state index contributed by atoms with van der Waals surface area (Å²) < 4.78 is 0. The van der Waals surface area contributed by atoms with Crippen molar-refractivity contribution >= 4 is 28.9 Å². The molecule has 0 bridgehead atoms. The third-order valence-corrected chi connectivity index (χ3v) is 3.06. The molecule has 0 aliphatic carbocycles. The van der Waals surface area contributed by atoms with Gasteiger partial charge in [0.25, 0.3) is 5.69 Å². The fourth-order valence-electron chi connectivity index (χ4n) is 1.89. The highest BCUT2D eigenvalue weighted by Gasteiger charge is 2.20. The molecule has 0 amide bonds. The normalized spacial score (nSPS) is 10.1. The summed E-state index contributed by atoms with van der Waals surface area (Å²) in [4.78, 5) is 21.6. The van der Waals surface area contributed by atoms with Gasteiger partial charge in [0.05, 0.1) is 10.5 Å². The van der Waals surface area contributed by atoms with Gasteiger partial charge in [-0.2, -0.15) is 0 Å². The number of nitrogens with one attached hydrogen (secondary N) is 1. The first-order valence-corrected chi connectivity index (χ1v) is 6.36. The van der Waals surface area contributed by atoms with Gasteiger partial charge in [-0.15, -0.1) is 0 Å². The molecule has 6 nitrogen and oxygen atoms in total. The third-order valence-electron chi connectivity index (χ3n) is 2.83. The van der Waals surface area contributed by atoms with Crippen LogP contribution in [0.15, 0.2) is 42.5 Å². The molecule has 21 heavy (non-hydrogen) atoms. The van der Waals surface area contributed by atoms with Crippen LogP contribution in [0.5, 0.6) is 0 Å². The number of carboxylic acid groups (broad SMARTS) is 1. The van der Waals surface area contributed by atoms with Crippen molar-refractivity contribution in [2.75, 3.05) is 5.32 Å². The van der Waals surface area contributed by atoms with Gasteiger partial charge in [0.2, 0.25) is 0 Å². The van der Waals surface area contributed by atoms with Crippen LogP contribution in [0, 0.1) is 10.1 Å². The van der Waals surface area contributed by atoms with Gasteiger partial charge < -0.3 is 10.4 Å². The molecule has 7 heteroatoms. The van der Waals surface area contributed by atoms with E-state index in [2.05, 4.69) is 5.32 Å². The van der Waals surface area contributed by atoms with E-state index in [9.17, 15) is 14.9 Å². The van der Waals surface area contributed by atoms with Crippen LogP contribution in [-0.2, 0) is 6.54 Å². The topological polar surface area (TPSA) is 92.5 Å². The van der Waals surface area contributed by atoms with Crippen LogP contribution in [0.2, 0.25) is 5.02 Å². The zero-order chi connectivity index (χ0) is 15.4. The van der Waals surface area contributed by atoms with Crippen LogP contribution in [0.4, 0.5) is 11.4 Å². The number of anilines is 1. The Kier molecular flexibility index (Phi) is 4.39.